The van der Waals surface area contributed by atoms with Crippen LogP contribution in [0.3, 0.4) is 0 Å². The molecule has 8 heteroatoms. The van der Waals surface area contributed by atoms with Crippen LogP contribution in [0.15, 0.2) is 12.1 Å². The maximum atomic E-state index is 13.6. The van der Waals surface area contributed by atoms with Crippen molar-refractivity contribution < 1.29 is 28.9 Å². The van der Waals surface area contributed by atoms with E-state index < -0.39 is 22.5 Å². The molecule has 0 aromatic heterocycles. The number of methoxy groups -OCH3 is 1. The Balaban J connectivity index is 1.58. The Morgan fingerprint density at radius 1 is 1.33 bits per heavy atom. The van der Waals surface area contributed by atoms with Crippen molar-refractivity contribution in [3.05, 3.63) is 17.7 Å². The summed E-state index contributed by atoms with van der Waals surface area (Å²) in [5.74, 6) is 0.721. The SMILES string of the molecule is COC(=O)[C@]12CC[C@@]34CC(=O)C5CN(CCC3O)[C@@H]4[C@]51c1ccc3c(c1N2)OCO3. The largest absolute Gasteiger partial charge is 0.467 e. The van der Waals surface area contributed by atoms with Crippen molar-refractivity contribution in [2.75, 3.05) is 32.3 Å². The third kappa shape index (κ3) is 1.51. The number of aliphatic hydroxyl groups excluding tert-OH is 1. The number of hydrogen-bond acceptors (Lipinski definition) is 8. The van der Waals surface area contributed by atoms with Gasteiger partial charge in [0.1, 0.15) is 11.3 Å². The highest BCUT2D eigenvalue weighted by molar-refractivity contribution is 5.99. The molecule has 2 N–H and O–H groups in total. The van der Waals surface area contributed by atoms with Gasteiger partial charge in [0, 0.05) is 36.9 Å². The molecule has 4 aliphatic heterocycles. The first-order chi connectivity index (χ1) is 14.5. The van der Waals surface area contributed by atoms with Crippen molar-refractivity contribution in [3.8, 4) is 11.5 Å². The van der Waals surface area contributed by atoms with Gasteiger partial charge in [-0.1, -0.05) is 6.07 Å². The summed E-state index contributed by atoms with van der Waals surface area (Å²) in [6, 6.07) is 3.78. The van der Waals surface area contributed by atoms with E-state index in [4.69, 9.17) is 14.2 Å². The summed E-state index contributed by atoms with van der Waals surface area (Å²) in [6.45, 7) is 1.48. The zero-order chi connectivity index (χ0) is 20.5. The van der Waals surface area contributed by atoms with E-state index in [1.165, 1.54) is 7.11 Å². The summed E-state index contributed by atoms with van der Waals surface area (Å²) < 4.78 is 16.7. The lowest BCUT2D eigenvalue weighted by Gasteiger charge is -2.65. The Morgan fingerprint density at radius 3 is 3.03 bits per heavy atom. The van der Waals surface area contributed by atoms with Gasteiger partial charge in [0.25, 0.3) is 0 Å². The molecule has 4 fully saturated rings. The molecular formula is C22H24N2O6. The molecule has 6 atom stereocenters. The molecule has 2 saturated carbocycles. The molecule has 7 rings (SSSR count). The van der Waals surface area contributed by atoms with Crippen LogP contribution in [-0.2, 0) is 19.7 Å². The lowest BCUT2D eigenvalue weighted by Crippen LogP contribution is -2.78. The minimum atomic E-state index is -1.06. The van der Waals surface area contributed by atoms with Crippen molar-refractivity contribution in [1.29, 1.82) is 0 Å². The van der Waals surface area contributed by atoms with Crippen LogP contribution >= 0.6 is 0 Å². The fourth-order valence-corrected chi connectivity index (χ4v) is 8.21. The highest BCUT2D eigenvalue weighted by Crippen LogP contribution is 2.73. The van der Waals surface area contributed by atoms with Crippen molar-refractivity contribution in [2.45, 2.75) is 48.8 Å². The van der Waals surface area contributed by atoms with E-state index in [-0.39, 0.29) is 30.5 Å². The lowest BCUT2D eigenvalue weighted by molar-refractivity contribution is -0.178. The number of ether oxygens (including phenoxy) is 3. The first-order valence-electron chi connectivity index (χ1n) is 10.7. The van der Waals surface area contributed by atoms with Crippen molar-refractivity contribution in [1.82, 2.24) is 4.90 Å². The summed E-state index contributed by atoms with van der Waals surface area (Å²) in [4.78, 5) is 29.5. The number of nitrogens with zero attached hydrogens (tertiary/aromatic N) is 1. The molecule has 1 aromatic rings. The van der Waals surface area contributed by atoms with Gasteiger partial charge in [-0.05, 0) is 30.9 Å². The maximum Gasteiger partial charge on any atom is 0.332 e. The smallest absolute Gasteiger partial charge is 0.332 e. The lowest BCUT2D eigenvalue weighted by atomic mass is 9.41. The summed E-state index contributed by atoms with van der Waals surface area (Å²) >= 11 is 0. The summed E-state index contributed by atoms with van der Waals surface area (Å²) in [7, 11) is 1.41. The highest BCUT2D eigenvalue weighted by atomic mass is 16.7. The van der Waals surface area contributed by atoms with Gasteiger partial charge >= 0.3 is 5.97 Å². The number of piperidine rings is 1. The topological polar surface area (TPSA) is 97.3 Å². The number of rotatable bonds is 1. The second kappa shape index (κ2) is 5.11. The van der Waals surface area contributed by atoms with E-state index in [9.17, 15) is 14.7 Å². The molecule has 4 bridgehead atoms. The number of carbonyl (C=O) groups is 2. The van der Waals surface area contributed by atoms with Gasteiger partial charge < -0.3 is 24.6 Å². The predicted molar refractivity (Wildman–Crippen MR) is 103 cm³/mol. The summed E-state index contributed by atoms with van der Waals surface area (Å²) in [6.07, 6.45) is 1.62. The third-order valence-corrected chi connectivity index (χ3v) is 9.08. The van der Waals surface area contributed by atoms with Crippen LogP contribution in [0.4, 0.5) is 5.69 Å². The zero-order valence-corrected chi connectivity index (χ0v) is 16.8. The van der Waals surface area contributed by atoms with Crippen LogP contribution in [0.2, 0.25) is 0 Å². The Labute approximate surface area is 173 Å². The Kier molecular flexibility index (Phi) is 2.96. The molecule has 158 valence electrons. The number of esters is 1. The number of Topliss-reactive ketones (excluding diaryl/α,β-unsaturated/α-hetero) is 1. The van der Waals surface area contributed by atoms with Crippen molar-refractivity contribution in [2.24, 2.45) is 11.3 Å². The average molecular weight is 412 g/mol. The average Bonchev–Trinajstić information content (AvgIpc) is 3.41. The van der Waals surface area contributed by atoms with Crippen LogP contribution in [0, 0.1) is 11.3 Å². The first-order valence-corrected chi connectivity index (χ1v) is 10.7. The predicted octanol–water partition coefficient (Wildman–Crippen LogP) is 0.808. The molecule has 1 aromatic carbocycles. The van der Waals surface area contributed by atoms with Crippen LogP contribution in [0.25, 0.3) is 0 Å². The molecule has 2 unspecified atom stereocenters. The summed E-state index contributed by atoms with van der Waals surface area (Å²) in [5.41, 5.74) is -0.703. The third-order valence-electron chi connectivity index (χ3n) is 9.08. The molecule has 30 heavy (non-hydrogen) atoms. The molecule has 0 amide bonds. The minimum Gasteiger partial charge on any atom is -0.467 e. The fourth-order valence-electron chi connectivity index (χ4n) is 8.21. The minimum absolute atomic E-state index is 0.0987. The van der Waals surface area contributed by atoms with Crippen molar-refractivity contribution >= 4 is 17.4 Å². The quantitative estimate of drug-likeness (QED) is 0.654. The number of anilines is 1. The van der Waals surface area contributed by atoms with Crippen LogP contribution in [0.1, 0.15) is 31.2 Å². The van der Waals surface area contributed by atoms with Gasteiger partial charge in [-0.25, -0.2) is 4.79 Å². The van der Waals surface area contributed by atoms with E-state index in [0.29, 0.717) is 43.7 Å². The van der Waals surface area contributed by atoms with E-state index in [0.717, 1.165) is 17.8 Å². The normalized spacial score (nSPS) is 44.3. The first kappa shape index (κ1) is 17.4. The Morgan fingerprint density at radius 2 is 2.20 bits per heavy atom. The van der Waals surface area contributed by atoms with Gasteiger partial charge in [-0.3, -0.25) is 9.69 Å². The van der Waals surface area contributed by atoms with E-state index in [1.807, 2.05) is 12.1 Å². The fraction of sp³-hybridized carbons (Fsp3) is 0.636. The van der Waals surface area contributed by atoms with Crippen molar-refractivity contribution in [3.63, 3.8) is 0 Å². The van der Waals surface area contributed by atoms with Crippen LogP contribution in [-0.4, -0.2) is 66.4 Å². The molecule has 2 aliphatic carbocycles. The molecule has 0 radical (unpaired) electrons. The monoisotopic (exact) mass is 412 g/mol. The standard InChI is InChI=1S/C22H24N2O6/c1-28-19(27)21-6-5-20-8-13(25)12-9-24(7-4-15(20)26)18(20)22(12,21)11-2-3-14-17(16(11)23-21)30-10-29-14/h2-3,12,15,18,23,26H,4-10H2,1H3/t12?,15?,18-,20+,21+,22-/m0/s1. The molecule has 6 aliphatic rings. The number of carbonyl (C=O) groups excluding carboxylic acids is 2. The van der Waals surface area contributed by atoms with E-state index in [1.54, 1.807) is 0 Å². The number of nitrogens with one attached hydrogen (secondary N) is 1. The zero-order valence-electron chi connectivity index (χ0n) is 16.8. The highest BCUT2D eigenvalue weighted by Gasteiger charge is 2.83. The number of benzene rings is 1. The second-order valence-electron chi connectivity index (χ2n) is 9.74. The van der Waals surface area contributed by atoms with Gasteiger partial charge in [-0.2, -0.15) is 0 Å². The number of ketones is 1. The molecule has 4 heterocycles. The van der Waals surface area contributed by atoms with Gasteiger partial charge in [0.05, 0.1) is 24.3 Å². The second-order valence-corrected chi connectivity index (χ2v) is 9.74. The van der Waals surface area contributed by atoms with Gasteiger partial charge in [0.15, 0.2) is 11.5 Å². The molecular weight excluding hydrogens is 388 g/mol. The van der Waals surface area contributed by atoms with Gasteiger partial charge in [0.2, 0.25) is 6.79 Å². The Hall–Kier alpha value is -2.32. The maximum absolute atomic E-state index is 13.6. The number of fused-ring (bicyclic) bond motifs is 3. The van der Waals surface area contributed by atoms with Gasteiger partial charge in [-0.15, -0.1) is 0 Å². The molecule has 2 saturated heterocycles. The molecule has 1 spiro atoms. The van der Waals surface area contributed by atoms with Crippen LogP contribution in [0.5, 0.6) is 11.5 Å². The van der Waals surface area contributed by atoms with Crippen LogP contribution < -0.4 is 14.8 Å². The summed E-state index contributed by atoms with van der Waals surface area (Å²) in [5, 5.41) is 14.7. The van der Waals surface area contributed by atoms with E-state index >= 15 is 0 Å². The Bertz CT molecular complexity index is 1030. The van der Waals surface area contributed by atoms with E-state index in [2.05, 4.69) is 10.2 Å². The molecule has 8 nitrogen and oxygen atoms in total. The number of hydrogen-bond donors (Lipinski definition) is 2. The number of aliphatic hydroxyl groups is 1.